The molecular weight excluding hydrogens is 185 g/mol. The van der Waals surface area contributed by atoms with Gasteiger partial charge in [-0.25, -0.2) is 0 Å². The van der Waals surface area contributed by atoms with Gasteiger partial charge in [0, 0.05) is 6.42 Å². The molecule has 2 nitrogen and oxygen atoms in total. The first-order valence-electron chi connectivity index (χ1n) is 4.25. The van der Waals surface area contributed by atoms with Crippen LogP contribution >= 0.6 is 0 Å². The van der Waals surface area contributed by atoms with Gasteiger partial charge in [0.15, 0.2) is 0 Å². The zero-order chi connectivity index (χ0) is 9.64. The predicted molar refractivity (Wildman–Crippen MR) is 37.1 cm³/mol. The minimum Gasteiger partial charge on any atom is -0.368 e. The number of halogens is 3. The lowest BCUT2D eigenvalue weighted by molar-refractivity contribution is -0.184. The van der Waals surface area contributed by atoms with Crippen LogP contribution in [0.4, 0.5) is 13.2 Å². The molecule has 3 atom stereocenters. The van der Waals surface area contributed by atoms with Crippen LogP contribution in [0.3, 0.4) is 0 Å². The van der Waals surface area contributed by atoms with Crippen molar-refractivity contribution in [2.75, 3.05) is 0 Å². The third kappa shape index (κ3) is 1.57. The largest absolute Gasteiger partial charge is 0.401 e. The SMILES string of the molecule is O=C1CCCC2OC2C1C(F)(F)F. The predicted octanol–water partition coefficient (Wildman–Crippen LogP) is 1.69. The molecule has 1 aliphatic heterocycles. The van der Waals surface area contributed by atoms with E-state index < -0.39 is 24.0 Å². The molecule has 0 aromatic heterocycles. The number of hydrogen-bond acceptors (Lipinski definition) is 2. The van der Waals surface area contributed by atoms with Crippen LogP contribution in [0.25, 0.3) is 0 Å². The molecule has 2 fully saturated rings. The summed E-state index contributed by atoms with van der Waals surface area (Å²) < 4.78 is 41.9. The van der Waals surface area contributed by atoms with Gasteiger partial charge in [-0.1, -0.05) is 0 Å². The Morgan fingerprint density at radius 2 is 2.08 bits per heavy atom. The van der Waals surface area contributed by atoms with Crippen LogP contribution in [0.1, 0.15) is 19.3 Å². The Kier molecular flexibility index (Phi) is 1.87. The monoisotopic (exact) mass is 194 g/mol. The number of epoxide rings is 1. The molecule has 0 spiro atoms. The number of ketones is 1. The Labute approximate surface area is 73.1 Å². The second kappa shape index (κ2) is 2.70. The standard InChI is InChI=1S/C8H9F3O2/c9-8(10,11)6-4(12)2-1-3-5-7(6)13-5/h5-7H,1-3H2. The molecule has 0 N–H and O–H groups in total. The lowest BCUT2D eigenvalue weighted by Gasteiger charge is -2.15. The average Bonchev–Trinajstić information content (AvgIpc) is 2.62. The Hall–Kier alpha value is -0.580. The maximum atomic E-state index is 12.3. The first-order chi connectivity index (χ1) is 6.00. The number of hydrogen-bond donors (Lipinski definition) is 0. The van der Waals surface area contributed by atoms with Gasteiger partial charge in [-0.15, -0.1) is 0 Å². The van der Waals surface area contributed by atoms with Gasteiger partial charge in [0.25, 0.3) is 0 Å². The summed E-state index contributed by atoms with van der Waals surface area (Å²) in [5.74, 6) is -2.57. The molecule has 3 unspecified atom stereocenters. The van der Waals surface area contributed by atoms with E-state index in [0.717, 1.165) is 0 Å². The second-order valence-corrected chi connectivity index (χ2v) is 3.52. The fourth-order valence-corrected chi connectivity index (χ4v) is 1.87. The van der Waals surface area contributed by atoms with Gasteiger partial charge in [-0.2, -0.15) is 13.2 Å². The average molecular weight is 194 g/mol. The Morgan fingerprint density at radius 3 is 2.69 bits per heavy atom. The van der Waals surface area contributed by atoms with Crippen LogP contribution < -0.4 is 0 Å². The Balaban J connectivity index is 2.18. The van der Waals surface area contributed by atoms with Crippen LogP contribution in [-0.2, 0) is 9.53 Å². The quantitative estimate of drug-likeness (QED) is 0.549. The van der Waals surface area contributed by atoms with Gasteiger partial charge in [-0.3, -0.25) is 4.79 Å². The molecule has 1 heterocycles. The van der Waals surface area contributed by atoms with Crippen LogP contribution in [0.15, 0.2) is 0 Å². The van der Waals surface area contributed by atoms with Gasteiger partial charge in [0.2, 0.25) is 0 Å². The minimum atomic E-state index is -4.43. The van der Waals surface area contributed by atoms with Crippen LogP contribution in [0.2, 0.25) is 0 Å². The number of ether oxygens (including phenoxy) is 1. The summed E-state index contributed by atoms with van der Waals surface area (Å²) in [5.41, 5.74) is 0. The summed E-state index contributed by atoms with van der Waals surface area (Å²) in [6.45, 7) is 0. The molecule has 0 bridgehead atoms. The van der Waals surface area contributed by atoms with E-state index in [4.69, 9.17) is 4.74 Å². The van der Waals surface area contributed by atoms with Crippen LogP contribution in [-0.4, -0.2) is 24.2 Å². The highest BCUT2D eigenvalue weighted by atomic mass is 19.4. The lowest BCUT2D eigenvalue weighted by atomic mass is 9.98. The summed E-state index contributed by atoms with van der Waals surface area (Å²) in [4.78, 5) is 11.1. The maximum Gasteiger partial charge on any atom is 0.401 e. The number of fused-ring (bicyclic) bond motifs is 1. The van der Waals surface area contributed by atoms with Crippen molar-refractivity contribution in [1.82, 2.24) is 0 Å². The number of Topliss-reactive ketones (excluding diaryl/α,β-unsaturated/α-hetero) is 1. The topological polar surface area (TPSA) is 29.6 Å². The van der Waals surface area contributed by atoms with E-state index in [9.17, 15) is 18.0 Å². The first kappa shape index (κ1) is 8.99. The van der Waals surface area contributed by atoms with E-state index in [1.54, 1.807) is 0 Å². The molecule has 1 saturated heterocycles. The Morgan fingerprint density at radius 1 is 1.38 bits per heavy atom. The molecule has 0 amide bonds. The van der Waals surface area contributed by atoms with Crippen molar-refractivity contribution < 1.29 is 22.7 Å². The summed E-state index contributed by atoms with van der Waals surface area (Å²) in [7, 11) is 0. The molecule has 74 valence electrons. The molecule has 0 aromatic rings. The van der Waals surface area contributed by atoms with Crippen molar-refractivity contribution in [3.63, 3.8) is 0 Å². The minimum absolute atomic E-state index is 0.0422. The lowest BCUT2D eigenvalue weighted by Crippen LogP contribution is -2.34. The molecule has 0 radical (unpaired) electrons. The fourth-order valence-electron chi connectivity index (χ4n) is 1.87. The van der Waals surface area contributed by atoms with Gasteiger partial charge < -0.3 is 4.74 Å². The van der Waals surface area contributed by atoms with Crippen molar-refractivity contribution in [2.45, 2.75) is 37.6 Å². The van der Waals surface area contributed by atoms with Gasteiger partial charge >= 0.3 is 6.18 Å². The third-order valence-electron chi connectivity index (χ3n) is 2.56. The number of carbonyl (C=O) groups is 1. The molecule has 1 saturated carbocycles. The summed E-state index contributed by atoms with van der Waals surface area (Å²) in [5, 5.41) is 0. The van der Waals surface area contributed by atoms with Crippen LogP contribution in [0, 0.1) is 5.92 Å². The van der Waals surface area contributed by atoms with E-state index in [-0.39, 0.29) is 12.5 Å². The fraction of sp³-hybridized carbons (Fsp3) is 0.875. The van der Waals surface area contributed by atoms with E-state index in [1.165, 1.54) is 0 Å². The number of carbonyl (C=O) groups excluding carboxylic acids is 1. The summed E-state index contributed by atoms with van der Waals surface area (Å²) >= 11 is 0. The van der Waals surface area contributed by atoms with Crippen molar-refractivity contribution in [3.05, 3.63) is 0 Å². The second-order valence-electron chi connectivity index (χ2n) is 3.52. The van der Waals surface area contributed by atoms with Gasteiger partial charge in [0.05, 0.1) is 6.10 Å². The zero-order valence-corrected chi connectivity index (χ0v) is 6.80. The molecular formula is C8H9F3O2. The highest BCUT2D eigenvalue weighted by Gasteiger charge is 2.59. The molecule has 0 aromatic carbocycles. The molecule has 2 rings (SSSR count). The summed E-state index contributed by atoms with van der Waals surface area (Å²) in [6, 6.07) is 0. The van der Waals surface area contributed by atoms with Crippen molar-refractivity contribution in [1.29, 1.82) is 0 Å². The maximum absolute atomic E-state index is 12.3. The molecule has 13 heavy (non-hydrogen) atoms. The highest BCUT2D eigenvalue weighted by Crippen LogP contribution is 2.44. The van der Waals surface area contributed by atoms with E-state index in [1.807, 2.05) is 0 Å². The Bertz CT molecular complexity index is 236. The van der Waals surface area contributed by atoms with Gasteiger partial charge in [0.1, 0.15) is 17.8 Å². The van der Waals surface area contributed by atoms with E-state index >= 15 is 0 Å². The molecule has 5 heteroatoms. The third-order valence-corrected chi connectivity index (χ3v) is 2.56. The van der Waals surface area contributed by atoms with Crippen molar-refractivity contribution in [2.24, 2.45) is 5.92 Å². The van der Waals surface area contributed by atoms with Crippen molar-refractivity contribution in [3.8, 4) is 0 Å². The zero-order valence-electron chi connectivity index (χ0n) is 6.80. The first-order valence-corrected chi connectivity index (χ1v) is 4.25. The highest BCUT2D eigenvalue weighted by molar-refractivity contribution is 5.83. The molecule has 1 aliphatic carbocycles. The van der Waals surface area contributed by atoms with Crippen molar-refractivity contribution >= 4 is 5.78 Å². The smallest absolute Gasteiger partial charge is 0.368 e. The normalized spacial score (nSPS) is 39.6. The van der Waals surface area contributed by atoms with E-state index in [2.05, 4.69) is 0 Å². The van der Waals surface area contributed by atoms with E-state index in [0.29, 0.717) is 12.8 Å². The molecule has 2 aliphatic rings. The number of alkyl halides is 3. The number of rotatable bonds is 0. The summed E-state index contributed by atoms with van der Waals surface area (Å²) in [6.07, 6.45) is -4.48. The van der Waals surface area contributed by atoms with Crippen LogP contribution in [0.5, 0.6) is 0 Å². The van der Waals surface area contributed by atoms with Gasteiger partial charge in [-0.05, 0) is 12.8 Å².